The van der Waals surface area contributed by atoms with Gasteiger partial charge in [-0.25, -0.2) is 9.31 Å². The van der Waals surface area contributed by atoms with Gasteiger partial charge >= 0.3 is 6.03 Å². The van der Waals surface area contributed by atoms with E-state index in [4.69, 9.17) is 0 Å². The number of anilines is 1. The Hall–Kier alpha value is -2.93. The van der Waals surface area contributed by atoms with Crippen molar-refractivity contribution in [2.75, 3.05) is 19.4 Å². The highest BCUT2D eigenvalue weighted by Gasteiger charge is 2.07. The molecule has 2 aromatic heterocycles. The van der Waals surface area contributed by atoms with Gasteiger partial charge in [0, 0.05) is 19.3 Å². The van der Waals surface area contributed by atoms with Crippen LogP contribution in [0.25, 0.3) is 5.65 Å². The van der Waals surface area contributed by atoms with Gasteiger partial charge < -0.3 is 10.2 Å². The predicted octanol–water partition coefficient (Wildman–Crippen LogP) is 2.11. The molecule has 0 fully saturated rings. The SMILES string of the molecule is CN(C)Cc1cccc(CNC(=O)Nc2nc3ccccn3n2)c1. The summed E-state index contributed by atoms with van der Waals surface area (Å²) < 4.78 is 1.61. The van der Waals surface area contributed by atoms with E-state index in [2.05, 4.69) is 37.7 Å². The van der Waals surface area contributed by atoms with Gasteiger partial charge in [0.15, 0.2) is 5.65 Å². The van der Waals surface area contributed by atoms with Crippen LogP contribution in [0.3, 0.4) is 0 Å². The van der Waals surface area contributed by atoms with Crippen LogP contribution in [0.5, 0.6) is 0 Å². The summed E-state index contributed by atoms with van der Waals surface area (Å²) >= 11 is 0. The largest absolute Gasteiger partial charge is 0.334 e. The monoisotopic (exact) mass is 324 g/mol. The Morgan fingerprint density at radius 2 is 2.00 bits per heavy atom. The quantitative estimate of drug-likeness (QED) is 0.754. The Morgan fingerprint density at radius 3 is 2.79 bits per heavy atom. The Balaban J connectivity index is 1.57. The summed E-state index contributed by atoms with van der Waals surface area (Å²) in [6.07, 6.45) is 1.78. The van der Waals surface area contributed by atoms with Crippen molar-refractivity contribution in [3.05, 3.63) is 59.8 Å². The number of benzene rings is 1. The average molecular weight is 324 g/mol. The van der Waals surface area contributed by atoms with E-state index in [-0.39, 0.29) is 12.0 Å². The highest BCUT2D eigenvalue weighted by Crippen LogP contribution is 2.07. The lowest BCUT2D eigenvalue weighted by Crippen LogP contribution is -2.28. The summed E-state index contributed by atoms with van der Waals surface area (Å²) in [6, 6.07) is 13.4. The molecule has 0 radical (unpaired) electrons. The Labute approximate surface area is 140 Å². The minimum absolute atomic E-state index is 0.278. The molecule has 0 aliphatic rings. The lowest BCUT2D eigenvalue weighted by atomic mass is 10.1. The van der Waals surface area contributed by atoms with Crippen LogP contribution in [0.15, 0.2) is 48.7 Å². The minimum Gasteiger partial charge on any atom is -0.334 e. The van der Waals surface area contributed by atoms with Gasteiger partial charge in [-0.05, 0) is 37.4 Å². The van der Waals surface area contributed by atoms with E-state index in [1.54, 1.807) is 10.7 Å². The van der Waals surface area contributed by atoms with Crippen molar-refractivity contribution in [2.24, 2.45) is 0 Å². The number of nitrogens with one attached hydrogen (secondary N) is 2. The fourth-order valence-corrected chi connectivity index (χ4v) is 2.42. The van der Waals surface area contributed by atoms with E-state index in [0.717, 1.165) is 12.1 Å². The summed E-state index contributed by atoms with van der Waals surface area (Å²) in [4.78, 5) is 18.3. The van der Waals surface area contributed by atoms with Gasteiger partial charge in [0.2, 0.25) is 0 Å². The molecule has 0 saturated carbocycles. The lowest BCUT2D eigenvalue weighted by molar-refractivity contribution is 0.251. The highest BCUT2D eigenvalue weighted by atomic mass is 16.2. The molecule has 3 rings (SSSR count). The van der Waals surface area contributed by atoms with Gasteiger partial charge in [-0.1, -0.05) is 30.3 Å². The van der Waals surface area contributed by atoms with Crippen LogP contribution in [-0.2, 0) is 13.1 Å². The zero-order chi connectivity index (χ0) is 16.9. The summed E-state index contributed by atoms with van der Waals surface area (Å²) in [5, 5.41) is 9.65. The number of rotatable bonds is 5. The molecule has 0 spiro atoms. The van der Waals surface area contributed by atoms with Gasteiger partial charge in [-0.3, -0.25) is 5.32 Å². The maximum Gasteiger partial charge on any atom is 0.321 e. The first-order chi connectivity index (χ1) is 11.6. The number of aromatic nitrogens is 3. The van der Waals surface area contributed by atoms with Crippen LogP contribution in [0, 0.1) is 0 Å². The number of urea groups is 1. The number of amides is 2. The standard InChI is InChI=1S/C17H20N6O/c1-22(2)12-14-7-5-6-13(10-14)11-18-17(24)20-16-19-15-8-3-4-9-23(15)21-16/h3-10H,11-12H2,1-2H3,(H2,18,20,21,24). The Bertz CT molecular complexity index is 809. The van der Waals surface area contributed by atoms with Gasteiger partial charge in [0.1, 0.15) is 0 Å². The molecule has 124 valence electrons. The van der Waals surface area contributed by atoms with Crippen molar-refractivity contribution >= 4 is 17.6 Å². The van der Waals surface area contributed by atoms with E-state index in [1.807, 2.05) is 44.4 Å². The zero-order valence-corrected chi connectivity index (χ0v) is 13.7. The van der Waals surface area contributed by atoms with Crippen molar-refractivity contribution in [1.29, 1.82) is 0 Å². The van der Waals surface area contributed by atoms with Crippen LogP contribution in [0.2, 0.25) is 0 Å². The van der Waals surface area contributed by atoms with E-state index in [1.165, 1.54) is 5.56 Å². The molecule has 0 aliphatic heterocycles. The molecule has 1 aromatic carbocycles. The zero-order valence-electron chi connectivity index (χ0n) is 13.7. The molecule has 3 aromatic rings. The molecule has 0 saturated heterocycles. The van der Waals surface area contributed by atoms with E-state index in [0.29, 0.717) is 12.2 Å². The third-order valence-electron chi connectivity index (χ3n) is 3.41. The number of hydrogen-bond acceptors (Lipinski definition) is 4. The topological polar surface area (TPSA) is 74.6 Å². The average Bonchev–Trinajstić information content (AvgIpc) is 2.95. The summed E-state index contributed by atoms with van der Waals surface area (Å²) in [6.45, 7) is 1.31. The number of nitrogens with zero attached hydrogens (tertiary/aromatic N) is 4. The second-order valence-corrected chi connectivity index (χ2v) is 5.80. The fourth-order valence-electron chi connectivity index (χ4n) is 2.42. The number of pyridine rings is 1. The number of hydrogen-bond donors (Lipinski definition) is 2. The lowest BCUT2D eigenvalue weighted by Gasteiger charge is -2.11. The van der Waals surface area contributed by atoms with Crippen molar-refractivity contribution < 1.29 is 4.79 Å². The third-order valence-corrected chi connectivity index (χ3v) is 3.41. The van der Waals surface area contributed by atoms with Crippen LogP contribution >= 0.6 is 0 Å². The van der Waals surface area contributed by atoms with Crippen LogP contribution in [0.4, 0.5) is 10.7 Å². The van der Waals surface area contributed by atoms with Crippen LogP contribution < -0.4 is 10.6 Å². The van der Waals surface area contributed by atoms with Gasteiger partial charge in [0.05, 0.1) is 0 Å². The smallest absolute Gasteiger partial charge is 0.321 e. The minimum atomic E-state index is -0.330. The second kappa shape index (κ2) is 7.10. The maximum absolute atomic E-state index is 12.0. The first kappa shape index (κ1) is 15.9. The molecule has 24 heavy (non-hydrogen) atoms. The fraction of sp³-hybridized carbons (Fsp3) is 0.235. The second-order valence-electron chi connectivity index (χ2n) is 5.80. The van der Waals surface area contributed by atoms with Gasteiger partial charge in [0.25, 0.3) is 5.95 Å². The Kier molecular flexibility index (Phi) is 4.72. The number of carbonyl (C=O) groups excluding carboxylic acids is 1. The molecule has 0 aliphatic carbocycles. The predicted molar refractivity (Wildman–Crippen MR) is 92.7 cm³/mol. The molecular formula is C17H20N6O. The molecule has 0 bridgehead atoms. The molecule has 7 nitrogen and oxygen atoms in total. The molecule has 0 atom stereocenters. The molecule has 2 amide bonds. The first-order valence-electron chi connectivity index (χ1n) is 7.69. The van der Waals surface area contributed by atoms with Crippen molar-refractivity contribution in [1.82, 2.24) is 24.8 Å². The normalized spacial score (nSPS) is 11.0. The molecule has 0 unspecified atom stereocenters. The summed E-state index contributed by atoms with van der Waals surface area (Å²) in [5.41, 5.74) is 2.94. The first-order valence-corrected chi connectivity index (χ1v) is 7.69. The van der Waals surface area contributed by atoms with E-state index < -0.39 is 0 Å². The van der Waals surface area contributed by atoms with Crippen LogP contribution in [0.1, 0.15) is 11.1 Å². The highest BCUT2D eigenvalue weighted by molar-refractivity contribution is 5.87. The van der Waals surface area contributed by atoms with E-state index >= 15 is 0 Å². The summed E-state index contributed by atoms with van der Waals surface area (Å²) in [5.74, 6) is 0.278. The Morgan fingerprint density at radius 1 is 1.17 bits per heavy atom. The van der Waals surface area contributed by atoms with Gasteiger partial charge in [-0.2, -0.15) is 4.98 Å². The van der Waals surface area contributed by atoms with Gasteiger partial charge in [-0.15, -0.1) is 5.10 Å². The van der Waals surface area contributed by atoms with E-state index in [9.17, 15) is 4.79 Å². The van der Waals surface area contributed by atoms with Crippen molar-refractivity contribution in [2.45, 2.75) is 13.1 Å². The third kappa shape index (κ3) is 4.08. The molecule has 2 heterocycles. The number of fused-ring (bicyclic) bond motifs is 1. The van der Waals surface area contributed by atoms with Crippen molar-refractivity contribution in [3.63, 3.8) is 0 Å². The summed E-state index contributed by atoms with van der Waals surface area (Å²) in [7, 11) is 4.06. The molecule has 7 heteroatoms. The van der Waals surface area contributed by atoms with Crippen LogP contribution in [-0.4, -0.2) is 39.6 Å². The van der Waals surface area contributed by atoms with Crippen molar-refractivity contribution in [3.8, 4) is 0 Å². The number of carbonyl (C=O) groups is 1. The maximum atomic E-state index is 12.0. The molecule has 2 N–H and O–H groups in total. The molecular weight excluding hydrogens is 304 g/mol.